The van der Waals surface area contributed by atoms with Gasteiger partial charge in [-0.05, 0) is 65.7 Å². The van der Waals surface area contributed by atoms with Crippen LogP contribution in [0.1, 0.15) is 28.4 Å². The van der Waals surface area contributed by atoms with E-state index in [0.29, 0.717) is 30.2 Å². The number of benzene rings is 4. The summed E-state index contributed by atoms with van der Waals surface area (Å²) in [5, 5.41) is 5.23. The predicted octanol–water partition coefficient (Wildman–Crippen LogP) is 5.48. The Balaban J connectivity index is 1.28. The standard InChI is InChI=1S/C28H25NO5/c1-2-31-25-12-9-22(28(30)29-16-19-7-11-26-27(13-19)34-18-33-26)14-23(25)17-32-24-10-8-20-5-3-4-6-21(20)15-24/h3-15H,2,16-18H2,1H3,(H,29,30). The van der Waals surface area contributed by atoms with E-state index in [4.69, 9.17) is 18.9 Å². The van der Waals surface area contributed by atoms with Crippen LogP contribution in [0.15, 0.2) is 78.9 Å². The Kier molecular flexibility index (Phi) is 6.21. The van der Waals surface area contributed by atoms with Crippen molar-refractivity contribution in [3.8, 4) is 23.0 Å². The third-order valence-electron chi connectivity index (χ3n) is 5.63. The summed E-state index contributed by atoms with van der Waals surface area (Å²) in [6.45, 7) is 3.35. The second-order valence-electron chi connectivity index (χ2n) is 7.92. The molecule has 0 bridgehead atoms. The lowest BCUT2D eigenvalue weighted by molar-refractivity contribution is 0.0950. The zero-order chi connectivity index (χ0) is 23.3. The van der Waals surface area contributed by atoms with Gasteiger partial charge in [-0.15, -0.1) is 0 Å². The maximum absolute atomic E-state index is 12.8. The summed E-state index contributed by atoms with van der Waals surface area (Å²) in [4.78, 5) is 12.8. The van der Waals surface area contributed by atoms with Gasteiger partial charge in [0.05, 0.1) is 6.61 Å². The molecule has 4 aromatic carbocycles. The van der Waals surface area contributed by atoms with Crippen LogP contribution in [0.3, 0.4) is 0 Å². The van der Waals surface area contributed by atoms with Gasteiger partial charge in [0.25, 0.3) is 5.91 Å². The van der Waals surface area contributed by atoms with Crippen LogP contribution in [0.4, 0.5) is 0 Å². The third-order valence-corrected chi connectivity index (χ3v) is 5.63. The highest BCUT2D eigenvalue weighted by molar-refractivity contribution is 5.94. The number of nitrogens with one attached hydrogen (secondary N) is 1. The molecule has 5 rings (SSSR count). The lowest BCUT2D eigenvalue weighted by atomic mass is 10.1. The molecule has 1 amide bonds. The molecule has 0 fully saturated rings. The van der Waals surface area contributed by atoms with Crippen molar-refractivity contribution in [2.75, 3.05) is 13.4 Å². The lowest BCUT2D eigenvalue weighted by Crippen LogP contribution is -2.23. The Hall–Kier alpha value is -4.19. The Morgan fingerprint density at radius 3 is 2.62 bits per heavy atom. The second-order valence-corrected chi connectivity index (χ2v) is 7.92. The van der Waals surface area contributed by atoms with Gasteiger partial charge in [-0.25, -0.2) is 0 Å². The van der Waals surface area contributed by atoms with Gasteiger partial charge in [0, 0.05) is 17.7 Å². The SMILES string of the molecule is CCOc1ccc(C(=O)NCc2ccc3c(c2)OCO3)cc1COc1ccc2ccccc2c1. The van der Waals surface area contributed by atoms with E-state index in [2.05, 4.69) is 17.4 Å². The van der Waals surface area contributed by atoms with Gasteiger partial charge in [-0.3, -0.25) is 4.79 Å². The second kappa shape index (κ2) is 9.75. The maximum Gasteiger partial charge on any atom is 0.251 e. The number of hydrogen-bond acceptors (Lipinski definition) is 5. The molecule has 6 nitrogen and oxygen atoms in total. The van der Waals surface area contributed by atoms with Crippen molar-refractivity contribution in [2.24, 2.45) is 0 Å². The normalized spacial score (nSPS) is 11.9. The summed E-state index contributed by atoms with van der Waals surface area (Å²) in [5.74, 6) is 2.71. The fourth-order valence-corrected chi connectivity index (χ4v) is 3.88. The minimum absolute atomic E-state index is 0.173. The molecule has 172 valence electrons. The van der Waals surface area contributed by atoms with Crippen LogP contribution < -0.4 is 24.3 Å². The molecule has 0 saturated carbocycles. The van der Waals surface area contributed by atoms with Crippen molar-refractivity contribution >= 4 is 16.7 Å². The van der Waals surface area contributed by atoms with Crippen molar-refractivity contribution in [2.45, 2.75) is 20.1 Å². The van der Waals surface area contributed by atoms with Crippen LogP contribution in [-0.2, 0) is 13.2 Å². The third kappa shape index (κ3) is 4.76. The van der Waals surface area contributed by atoms with Crippen molar-refractivity contribution in [1.82, 2.24) is 5.32 Å². The van der Waals surface area contributed by atoms with Crippen molar-refractivity contribution in [1.29, 1.82) is 0 Å². The summed E-state index contributed by atoms with van der Waals surface area (Å²) in [7, 11) is 0. The number of carbonyl (C=O) groups is 1. The minimum Gasteiger partial charge on any atom is -0.493 e. The monoisotopic (exact) mass is 455 g/mol. The molecule has 1 aliphatic heterocycles. The van der Waals surface area contributed by atoms with E-state index in [1.807, 2.05) is 67.6 Å². The zero-order valence-corrected chi connectivity index (χ0v) is 18.9. The first kappa shape index (κ1) is 21.6. The molecule has 4 aromatic rings. The van der Waals surface area contributed by atoms with Crippen LogP contribution in [0.2, 0.25) is 0 Å². The van der Waals surface area contributed by atoms with E-state index in [-0.39, 0.29) is 19.3 Å². The molecular formula is C28H25NO5. The average Bonchev–Trinajstić information content (AvgIpc) is 3.34. The number of ether oxygens (including phenoxy) is 4. The number of carbonyl (C=O) groups excluding carboxylic acids is 1. The van der Waals surface area contributed by atoms with E-state index in [1.165, 1.54) is 0 Å². The van der Waals surface area contributed by atoms with Crippen LogP contribution >= 0.6 is 0 Å². The Labute approximate surface area is 198 Å². The fraction of sp³-hybridized carbons (Fsp3) is 0.179. The number of rotatable bonds is 8. The van der Waals surface area contributed by atoms with E-state index in [0.717, 1.165) is 33.4 Å². The molecule has 0 radical (unpaired) electrons. The molecule has 0 spiro atoms. The Morgan fingerprint density at radius 1 is 0.882 bits per heavy atom. The van der Waals surface area contributed by atoms with Crippen LogP contribution in [0, 0.1) is 0 Å². The predicted molar refractivity (Wildman–Crippen MR) is 130 cm³/mol. The molecule has 0 unspecified atom stereocenters. The number of amides is 1. The van der Waals surface area contributed by atoms with Crippen LogP contribution in [0.5, 0.6) is 23.0 Å². The Morgan fingerprint density at radius 2 is 1.74 bits per heavy atom. The van der Waals surface area contributed by atoms with E-state index in [9.17, 15) is 4.79 Å². The summed E-state index contributed by atoms with van der Waals surface area (Å²) in [5.41, 5.74) is 2.29. The van der Waals surface area contributed by atoms with Gasteiger partial charge in [-0.1, -0.05) is 36.4 Å². The lowest BCUT2D eigenvalue weighted by Gasteiger charge is -2.14. The first-order valence-electron chi connectivity index (χ1n) is 11.2. The van der Waals surface area contributed by atoms with Gasteiger partial charge in [0.2, 0.25) is 6.79 Å². The molecule has 0 aliphatic carbocycles. The van der Waals surface area contributed by atoms with E-state index >= 15 is 0 Å². The molecule has 34 heavy (non-hydrogen) atoms. The van der Waals surface area contributed by atoms with Gasteiger partial charge in [-0.2, -0.15) is 0 Å². The Bertz CT molecular complexity index is 1330. The highest BCUT2D eigenvalue weighted by atomic mass is 16.7. The topological polar surface area (TPSA) is 66.0 Å². The maximum atomic E-state index is 12.8. The van der Waals surface area contributed by atoms with Crippen LogP contribution in [0.25, 0.3) is 10.8 Å². The minimum atomic E-state index is -0.173. The van der Waals surface area contributed by atoms with Gasteiger partial charge in [0.1, 0.15) is 18.1 Å². The van der Waals surface area contributed by atoms with Crippen LogP contribution in [-0.4, -0.2) is 19.3 Å². The van der Waals surface area contributed by atoms with E-state index < -0.39 is 0 Å². The molecule has 0 atom stereocenters. The fourth-order valence-electron chi connectivity index (χ4n) is 3.88. The average molecular weight is 456 g/mol. The first-order chi connectivity index (χ1) is 16.7. The highest BCUT2D eigenvalue weighted by Gasteiger charge is 2.15. The van der Waals surface area contributed by atoms with Crippen molar-refractivity contribution < 1.29 is 23.7 Å². The summed E-state index contributed by atoms with van der Waals surface area (Å²) >= 11 is 0. The summed E-state index contributed by atoms with van der Waals surface area (Å²) < 4.78 is 22.6. The molecule has 1 heterocycles. The van der Waals surface area contributed by atoms with Gasteiger partial charge < -0.3 is 24.3 Å². The van der Waals surface area contributed by atoms with Crippen molar-refractivity contribution in [3.63, 3.8) is 0 Å². The molecule has 1 aliphatic rings. The van der Waals surface area contributed by atoms with Crippen molar-refractivity contribution in [3.05, 3.63) is 95.6 Å². The molecule has 0 saturated heterocycles. The smallest absolute Gasteiger partial charge is 0.251 e. The van der Waals surface area contributed by atoms with E-state index in [1.54, 1.807) is 6.07 Å². The summed E-state index contributed by atoms with van der Waals surface area (Å²) in [6, 6.07) is 25.2. The van der Waals surface area contributed by atoms with Gasteiger partial charge >= 0.3 is 0 Å². The number of hydrogen-bond donors (Lipinski definition) is 1. The molecule has 1 N–H and O–H groups in total. The van der Waals surface area contributed by atoms with Gasteiger partial charge in [0.15, 0.2) is 11.5 Å². The molecule has 6 heteroatoms. The number of fused-ring (bicyclic) bond motifs is 2. The highest BCUT2D eigenvalue weighted by Crippen LogP contribution is 2.32. The molecule has 0 aromatic heterocycles. The largest absolute Gasteiger partial charge is 0.493 e. The summed E-state index contributed by atoms with van der Waals surface area (Å²) in [6.07, 6.45) is 0. The zero-order valence-electron chi connectivity index (χ0n) is 18.9. The quantitative estimate of drug-likeness (QED) is 0.381. The molecular weight excluding hydrogens is 430 g/mol. The first-order valence-corrected chi connectivity index (χ1v) is 11.2.